The van der Waals surface area contributed by atoms with E-state index in [0.717, 1.165) is 23.7 Å². The Bertz CT molecular complexity index is 218. The van der Waals surface area contributed by atoms with E-state index in [1.807, 2.05) is 0 Å². The van der Waals surface area contributed by atoms with Gasteiger partial charge >= 0.3 is 0 Å². The van der Waals surface area contributed by atoms with E-state index in [1.165, 1.54) is 70.9 Å². The molecule has 0 heterocycles. The van der Waals surface area contributed by atoms with Crippen LogP contribution in [0.2, 0.25) is 0 Å². The molecule has 0 aromatic heterocycles. The Labute approximate surface area is 114 Å². The first kappa shape index (κ1) is 14.4. The molecule has 1 nitrogen and oxygen atoms in total. The van der Waals surface area contributed by atoms with Gasteiger partial charge in [-0.2, -0.15) is 0 Å². The second kappa shape index (κ2) is 7.53. The minimum absolute atomic E-state index is 0.797. The van der Waals surface area contributed by atoms with Crippen LogP contribution in [-0.2, 0) is 0 Å². The molecule has 2 unspecified atom stereocenters. The smallest absolute Gasteiger partial charge is 0.00178 e. The van der Waals surface area contributed by atoms with Crippen molar-refractivity contribution in [3.63, 3.8) is 0 Å². The van der Waals surface area contributed by atoms with E-state index < -0.39 is 0 Å². The zero-order chi connectivity index (χ0) is 12.8. The molecule has 2 atom stereocenters. The second-order valence-electron chi connectivity index (χ2n) is 7.23. The van der Waals surface area contributed by atoms with E-state index in [9.17, 15) is 0 Å². The normalized spacial score (nSPS) is 29.5. The second-order valence-corrected chi connectivity index (χ2v) is 7.23. The van der Waals surface area contributed by atoms with Crippen LogP contribution in [-0.4, -0.2) is 13.1 Å². The van der Waals surface area contributed by atoms with Gasteiger partial charge in [0.15, 0.2) is 0 Å². The van der Waals surface area contributed by atoms with Crippen LogP contribution in [0.1, 0.15) is 71.6 Å². The van der Waals surface area contributed by atoms with Crippen LogP contribution in [0, 0.1) is 23.7 Å². The molecular weight excluding hydrogens is 218 g/mol. The number of hydrogen-bond donors (Lipinski definition) is 1. The summed E-state index contributed by atoms with van der Waals surface area (Å²) in [5.74, 6) is 3.95. The van der Waals surface area contributed by atoms with Crippen LogP contribution in [0.25, 0.3) is 0 Å². The highest BCUT2D eigenvalue weighted by molar-refractivity contribution is 4.83. The van der Waals surface area contributed by atoms with Crippen LogP contribution < -0.4 is 5.32 Å². The third kappa shape index (κ3) is 4.57. The largest absolute Gasteiger partial charge is 0.316 e. The van der Waals surface area contributed by atoms with Crippen molar-refractivity contribution >= 4 is 0 Å². The third-order valence-corrected chi connectivity index (χ3v) is 5.20. The third-order valence-electron chi connectivity index (χ3n) is 5.20. The highest BCUT2D eigenvalue weighted by Gasteiger charge is 2.30. The lowest BCUT2D eigenvalue weighted by molar-refractivity contribution is 0.144. The summed E-state index contributed by atoms with van der Waals surface area (Å²) in [4.78, 5) is 0. The van der Waals surface area contributed by atoms with Gasteiger partial charge in [0.25, 0.3) is 0 Å². The summed E-state index contributed by atoms with van der Waals surface area (Å²) in [5.41, 5.74) is 0. The topological polar surface area (TPSA) is 12.0 Å². The van der Waals surface area contributed by atoms with E-state index >= 15 is 0 Å². The van der Waals surface area contributed by atoms with Gasteiger partial charge in [0.2, 0.25) is 0 Å². The number of rotatable bonds is 7. The number of hydrogen-bond acceptors (Lipinski definition) is 1. The molecule has 0 aromatic carbocycles. The summed E-state index contributed by atoms with van der Waals surface area (Å²) in [5, 5.41) is 3.65. The first-order chi connectivity index (χ1) is 8.75. The molecule has 0 amide bonds. The van der Waals surface area contributed by atoms with Gasteiger partial charge in [-0.05, 0) is 56.0 Å². The highest BCUT2D eigenvalue weighted by atomic mass is 14.9. The molecule has 1 heteroatoms. The Kier molecular flexibility index (Phi) is 6.01. The first-order valence-electron chi connectivity index (χ1n) is 8.46. The summed E-state index contributed by atoms with van der Waals surface area (Å²) in [6.07, 6.45) is 13.6. The van der Waals surface area contributed by atoms with Crippen molar-refractivity contribution < 1.29 is 0 Å². The average molecular weight is 251 g/mol. The molecule has 2 aliphatic carbocycles. The summed E-state index contributed by atoms with van der Waals surface area (Å²) in [6.45, 7) is 7.09. The molecule has 0 radical (unpaired) electrons. The molecule has 1 N–H and O–H groups in total. The Balaban J connectivity index is 1.55. The Morgan fingerprint density at radius 3 is 2.22 bits per heavy atom. The van der Waals surface area contributed by atoms with Gasteiger partial charge in [0.05, 0.1) is 0 Å². The molecule has 0 bridgehead atoms. The van der Waals surface area contributed by atoms with Crippen molar-refractivity contribution in [1.82, 2.24) is 5.32 Å². The van der Waals surface area contributed by atoms with E-state index in [0.29, 0.717) is 0 Å². The van der Waals surface area contributed by atoms with Crippen molar-refractivity contribution in [3.8, 4) is 0 Å². The fourth-order valence-electron chi connectivity index (χ4n) is 3.77. The van der Waals surface area contributed by atoms with Crippen LogP contribution in [0.15, 0.2) is 0 Å². The van der Waals surface area contributed by atoms with Gasteiger partial charge in [0.1, 0.15) is 0 Å². The standard InChI is InChI=1S/C17H33N/c1-14(2)12-18-13-17-11-10-16(17)9-8-15-6-4-3-5-7-15/h14-18H,3-13H2,1-2H3. The van der Waals surface area contributed by atoms with E-state index in [1.54, 1.807) is 0 Å². The maximum absolute atomic E-state index is 3.65. The molecule has 18 heavy (non-hydrogen) atoms. The molecule has 106 valence electrons. The molecule has 2 saturated carbocycles. The molecule has 2 aliphatic rings. The van der Waals surface area contributed by atoms with Crippen molar-refractivity contribution in [2.45, 2.75) is 71.6 Å². The maximum Gasteiger partial charge on any atom is -0.00178 e. The first-order valence-corrected chi connectivity index (χ1v) is 8.46. The van der Waals surface area contributed by atoms with Crippen molar-refractivity contribution in [1.29, 1.82) is 0 Å². The number of nitrogens with one attached hydrogen (secondary N) is 1. The fourth-order valence-corrected chi connectivity index (χ4v) is 3.77. The minimum atomic E-state index is 0.797. The fraction of sp³-hybridized carbons (Fsp3) is 1.00. The Morgan fingerprint density at radius 2 is 1.61 bits per heavy atom. The van der Waals surface area contributed by atoms with Crippen molar-refractivity contribution in [3.05, 3.63) is 0 Å². The van der Waals surface area contributed by atoms with Crippen LogP contribution in [0.5, 0.6) is 0 Å². The zero-order valence-electron chi connectivity index (χ0n) is 12.6. The van der Waals surface area contributed by atoms with Crippen LogP contribution >= 0.6 is 0 Å². The minimum Gasteiger partial charge on any atom is -0.316 e. The Morgan fingerprint density at radius 1 is 0.889 bits per heavy atom. The lowest BCUT2D eigenvalue weighted by Gasteiger charge is -2.38. The molecule has 2 rings (SSSR count). The molecule has 2 fully saturated rings. The summed E-state index contributed by atoms with van der Waals surface area (Å²) < 4.78 is 0. The molecule has 0 saturated heterocycles. The lowest BCUT2D eigenvalue weighted by atomic mass is 9.70. The van der Waals surface area contributed by atoms with Gasteiger partial charge < -0.3 is 5.32 Å². The summed E-state index contributed by atoms with van der Waals surface area (Å²) >= 11 is 0. The van der Waals surface area contributed by atoms with E-state index in [2.05, 4.69) is 19.2 Å². The van der Waals surface area contributed by atoms with E-state index in [4.69, 9.17) is 0 Å². The predicted octanol–water partition coefficient (Wildman–Crippen LogP) is 4.62. The monoisotopic (exact) mass is 251 g/mol. The molecule has 0 aromatic rings. The van der Waals surface area contributed by atoms with Crippen molar-refractivity contribution in [2.24, 2.45) is 23.7 Å². The van der Waals surface area contributed by atoms with Crippen LogP contribution in [0.3, 0.4) is 0 Å². The average Bonchev–Trinajstić information content (AvgIpc) is 2.34. The van der Waals surface area contributed by atoms with Gasteiger partial charge in [0, 0.05) is 0 Å². The Hall–Kier alpha value is -0.0400. The summed E-state index contributed by atoms with van der Waals surface area (Å²) in [6, 6.07) is 0. The zero-order valence-corrected chi connectivity index (χ0v) is 12.6. The van der Waals surface area contributed by atoms with Gasteiger partial charge in [-0.1, -0.05) is 52.4 Å². The summed E-state index contributed by atoms with van der Waals surface area (Å²) in [7, 11) is 0. The predicted molar refractivity (Wildman–Crippen MR) is 79.7 cm³/mol. The lowest BCUT2D eigenvalue weighted by Crippen LogP contribution is -2.36. The highest BCUT2D eigenvalue weighted by Crippen LogP contribution is 2.39. The van der Waals surface area contributed by atoms with Crippen LogP contribution in [0.4, 0.5) is 0 Å². The quantitative estimate of drug-likeness (QED) is 0.696. The SMILES string of the molecule is CC(C)CNCC1CCC1CCC1CCCCC1. The molecular formula is C17H33N. The van der Waals surface area contributed by atoms with Gasteiger partial charge in [-0.25, -0.2) is 0 Å². The van der Waals surface area contributed by atoms with E-state index in [-0.39, 0.29) is 0 Å². The van der Waals surface area contributed by atoms with Gasteiger partial charge in [-0.15, -0.1) is 0 Å². The van der Waals surface area contributed by atoms with Gasteiger partial charge in [-0.3, -0.25) is 0 Å². The molecule has 0 aliphatic heterocycles. The van der Waals surface area contributed by atoms with Crippen molar-refractivity contribution in [2.75, 3.05) is 13.1 Å². The molecule has 0 spiro atoms. The maximum atomic E-state index is 3.65.